The third-order valence-electron chi connectivity index (χ3n) is 2.41. The Bertz CT molecular complexity index is 677. The molecule has 1 aromatic heterocycles. The Morgan fingerprint density at radius 3 is 2.65 bits per heavy atom. The molecule has 1 N–H and O–H groups in total. The van der Waals surface area contributed by atoms with Crippen LogP contribution >= 0.6 is 0 Å². The lowest BCUT2D eigenvalue weighted by molar-refractivity contribution is -0.387. The van der Waals surface area contributed by atoms with Crippen LogP contribution in [0, 0.1) is 21.7 Å². The Balaban J connectivity index is 2.39. The Hall–Kier alpha value is -2.90. The topological polar surface area (TPSA) is 85.1 Å². The summed E-state index contributed by atoms with van der Waals surface area (Å²) in [5.41, 5.74) is -1.77. The molecule has 1 aromatic carbocycles. The summed E-state index contributed by atoms with van der Waals surface area (Å²) in [6.45, 7) is 0. The highest BCUT2D eigenvalue weighted by Crippen LogP contribution is 2.23. The Kier molecular flexibility index (Phi) is 3.65. The number of halogens is 2. The van der Waals surface area contributed by atoms with Crippen LogP contribution in [0.4, 0.5) is 20.2 Å². The van der Waals surface area contributed by atoms with Crippen LogP contribution in [0.2, 0.25) is 0 Å². The van der Waals surface area contributed by atoms with Gasteiger partial charge in [-0.25, -0.2) is 4.39 Å². The highest BCUT2D eigenvalue weighted by molar-refractivity contribution is 6.05. The minimum atomic E-state index is -1.52. The first-order valence-corrected chi connectivity index (χ1v) is 5.34. The number of rotatable bonds is 3. The SMILES string of the molecule is O=C(Nc1cccnc1)c1c(F)ccc([N+](=O)[O-])c1F. The highest BCUT2D eigenvalue weighted by atomic mass is 19.1. The summed E-state index contributed by atoms with van der Waals surface area (Å²) < 4.78 is 27.3. The number of anilines is 1. The first-order valence-electron chi connectivity index (χ1n) is 5.34. The van der Waals surface area contributed by atoms with E-state index in [1.807, 2.05) is 0 Å². The van der Waals surface area contributed by atoms with Gasteiger partial charge < -0.3 is 5.32 Å². The fourth-order valence-corrected chi connectivity index (χ4v) is 1.52. The predicted molar refractivity (Wildman–Crippen MR) is 65.2 cm³/mol. The molecule has 0 saturated carbocycles. The molecule has 0 unspecified atom stereocenters. The summed E-state index contributed by atoms with van der Waals surface area (Å²) in [4.78, 5) is 25.0. The molecule has 6 nitrogen and oxygen atoms in total. The fourth-order valence-electron chi connectivity index (χ4n) is 1.52. The van der Waals surface area contributed by atoms with Crippen molar-refractivity contribution in [1.82, 2.24) is 4.98 Å². The van der Waals surface area contributed by atoms with Crippen LogP contribution in [0.3, 0.4) is 0 Å². The molecule has 2 aromatic rings. The summed E-state index contributed by atoms with van der Waals surface area (Å²) in [6.07, 6.45) is 2.72. The van der Waals surface area contributed by atoms with E-state index in [9.17, 15) is 23.7 Å². The lowest BCUT2D eigenvalue weighted by Gasteiger charge is -2.06. The largest absolute Gasteiger partial charge is 0.320 e. The molecule has 0 aliphatic heterocycles. The summed E-state index contributed by atoms with van der Waals surface area (Å²) in [6, 6.07) is 4.29. The second kappa shape index (κ2) is 5.39. The fraction of sp³-hybridized carbons (Fsp3) is 0. The van der Waals surface area contributed by atoms with Gasteiger partial charge in [0, 0.05) is 12.3 Å². The van der Waals surface area contributed by atoms with Crippen LogP contribution < -0.4 is 5.32 Å². The maximum absolute atomic E-state index is 13.8. The Labute approximate surface area is 111 Å². The highest BCUT2D eigenvalue weighted by Gasteiger charge is 2.26. The van der Waals surface area contributed by atoms with E-state index in [0.717, 1.165) is 0 Å². The van der Waals surface area contributed by atoms with Crippen LogP contribution in [0.15, 0.2) is 36.7 Å². The molecule has 0 atom stereocenters. The number of hydrogen-bond donors (Lipinski definition) is 1. The first-order chi connectivity index (χ1) is 9.50. The van der Waals surface area contributed by atoms with E-state index in [1.165, 1.54) is 24.5 Å². The second-order valence-corrected chi connectivity index (χ2v) is 3.71. The number of amides is 1. The average Bonchev–Trinajstić information content (AvgIpc) is 2.39. The zero-order valence-electron chi connectivity index (χ0n) is 9.84. The van der Waals surface area contributed by atoms with Gasteiger partial charge in [-0.2, -0.15) is 4.39 Å². The maximum Gasteiger partial charge on any atom is 0.305 e. The van der Waals surface area contributed by atoms with E-state index in [4.69, 9.17) is 0 Å². The number of nitro benzene ring substituents is 1. The molecule has 0 saturated heterocycles. The van der Waals surface area contributed by atoms with Crippen LogP contribution in [0.25, 0.3) is 0 Å². The number of hydrogen-bond acceptors (Lipinski definition) is 4. The number of carbonyl (C=O) groups excluding carboxylic acids is 1. The minimum absolute atomic E-state index is 0.211. The van der Waals surface area contributed by atoms with E-state index in [-0.39, 0.29) is 5.69 Å². The van der Waals surface area contributed by atoms with Crippen molar-refractivity contribution < 1.29 is 18.5 Å². The number of benzene rings is 1. The van der Waals surface area contributed by atoms with Crippen molar-refractivity contribution in [3.05, 3.63) is 64.0 Å². The number of nitrogens with one attached hydrogen (secondary N) is 1. The standard InChI is InChI=1S/C12H7F2N3O3/c13-8-3-4-9(17(19)20)11(14)10(8)12(18)16-7-2-1-5-15-6-7/h1-6H,(H,16,18). The first kappa shape index (κ1) is 13.5. The van der Waals surface area contributed by atoms with Gasteiger partial charge in [0.05, 0.1) is 16.8 Å². The van der Waals surface area contributed by atoms with Gasteiger partial charge >= 0.3 is 5.69 Å². The molecule has 20 heavy (non-hydrogen) atoms. The van der Waals surface area contributed by atoms with E-state index in [0.29, 0.717) is 12.1 Å². The van der Waals surface area contributed by atoms with Gasteiger partial charge in [-0.15, -0.1) is 0 Å². The molecule has 0 fully saturated rings. The van der Waals surface area contributed by atoms with Gasteiger partial charge in [0.15, 0.2) is 0 Å². The van der Waals surface area contributed by atoms with E-state index in [2.05, 4.69) is 10.3 Å². The quantitative estimate of drug-likeness (QED) is 0.691. The molecule has 1 heterocycles. The van der Waals surface area contributed by atoms with Crippen molar-refractivity contribution in [2.24, 2.45) is 0 Å². The predicted octanol–water partition coefficient (Wildman–Crippen LogP) is 2.52. The maximum atomic E-state index is 13.8. The molecule has 0 aliphatic carbocycles. The normalized spacial score (nSPS) is 10.1. The molecular formula is C12H7F2N3O3. The zero-order chi connectivity index (χ0) is 14.7. The lowest BCUT2D eigenvalue weighted by Crippen LogP contribution is -2.16. The molecule has 8 heteroatoms. The molecule has 1 amide bonds. The zero-order valence-corrected chi connectivity index (χ0v) is 9.84. The third kappa shape index (κ3) is 2.58. The van der Waals surface area contributed by atoms with Gasteiger partial charge in [-0.3, -0.25) is 19.9 Å². The van der Waals surface area contributed by atoms with Gasteiger partial charge in [0.25, 0.3) is 5.91 Å². The molecule has 2 rings (SSSR count). The van der Waals surface area contributed by atoms with Crippen LogP contribution in [0.1, 0.15) is 10.4 Å². The smallest absolute Gasteiger partial charge is 0.305 e. The summed E-state index contributed by atoms with van der Waals surface area (Å²) in [5, 5.41) is 12.8. The Morgan fingerprint density at radius 2 is 2.05 bits per heavy atom. The number of nitro groups is 1. The van der Waals surface area contributed by atoms with Crippen molar-refractivity contribution in [3.63, 3.8) is 0 Å². The summed E-state index contributed by atoms with van der Waals surface area (Å²) in [5.74, 6) is -3.83. The van der Waals surface area contributed by atoms with E-state index < -0.39 is 33.7 Å². The van der Waals surface area contributed by atoms with Crippen molar-refractivity contribution in [3.8, 4) is 0 Å². The van der Waals surface area contributed by atoms with Gasteiger partial charge in [0.1, 0.15) is 11.4 Å². The van der Waals surface area contributed by atoms with Crippen LogP contribution in [-0.4, -0.2) is 15.8 Å². The monoisotopic (exact) mass is 279 g/mol. The van der Waals surface area contributed by atoms with Gasteiger partial charge in [-0.1, -0.05) is 0 Å². The third-order valence-corrected chi connectivity index (χ3v) is 2.41. The van der Waals surface area contributed by atoms with E-state index in [1.54, 1.807) is 0 Å². The van der Waals surface area contributed by atoms with E-state index >= 15 is 0 Å². The number of nitrogens with zero attached hydrogens (tertiary/aromatic N) is 2. The minimum Gasteiger partial charge on any atom is -0.320 e. The summed E-state index contributed by atoms with van der Waals surface area (Å²) in [7, 11) is 0. The Morgan fingerprint density at radius 1 is 1.30 bits per heavy atom. The van der Waals surface area contributed by atoms with Crippen molar-refractivity contribution in [2.75, 3.05) is 5.32 Å². The summed E-state index contributed by atoms with van der Waals surface area (Å²) >= 11 is 0. The molecule has 102 valence electrons. The van der Waals surface area contributed by atoms with Crippen LogP contribution in [-0.2, 0) is 0 Å². The van der Waals surface area contributed by atoms with Crippen LogP contribution in [0.5, 0.6) is 0 Å². The molecule has 0 spiro atoms. The molecule has 0 radical (unpaired) electrons. The van der Waals surface area contributed by atoms with Gasteiger partial charge in [0.2, 0.25) is 5.82 Å². The number of pyridine rings is 1. The molecular weight excluding hydrogens is 272 g/mol. The average molecular weight is 279 g/mol. The van der Waals surface area contributed by atoms with Crippen molar-refractivity contribution in [2.45, 2.75) is 0 Å². The number of aromatic nitrogens is 1. The molecule has 0 aliphatic rings. The number of carbonyl (C=O) groups is 1. The molecule has 0 bridgehead atoms. The van der Waals surface area contributed by atoms with Gasteiger partial charge in [-0.05, 0) is 18.2 Å². The van der Waals surface area contributed by atoms with Crippen molar-refractivity contribution >= 4 is 17.3 Å². The second-order valence-electron chi connectivity index (χ2n) is 3.71. The lowest BCUT2D eigenvalue weighted by atomic mass is 10.1. The van der Waals surface area contributed by atoms with Crippen molar-refractivity contribution in [1.29, 1.82) is 0 Å².